The van der Waals surface area contributed by atoms with Crippen LogP contribution in [0.4, 0.5) is 13.2 Å². The zero-order valence-electron chi connectivity index (χ0n) is 11.9. The molecule has 1 aliphatic carbocycles. The molecule has 0 bridgehead atoms. The average molecular weight is 303 g/mol. The first-order valence-electron chi connectivity index (χ1n) is 7.01. The molecule has 2 rings (SSSR count). The van der Waals surface area contributed by atoms with Crippen molar-refractivity contribution in [2.75, 3.05) is 13.7 Å². The van der Waals surface area contributed by atoms with Gasteiger partial charge in [-0.05, 0) is 37.0 Å². The molecule has 1 fully saturated rings. The molecule has 0 amide bonds. The van der Waals surface area contributed by atoms with Gasteiger partial charge in [0.2, 0.25) is 0 Å². The fourth-order valence-corrected chi connectivity index (χ4v) is 2.63. The maximum absolute atomic E-state index is 12.5. The van der Waals surface area contributed by atoms with Crippen LogP contribution in [0.5, 0.6) is 0 Å². The van der Waals surface area contributed by atoms with Crippen LogP contribution in [-0.2, 0) is 10.9 Å². The van der Waals surface area contributed by atoms with E-state index in [-0.39, 0.29) is 6.10 Å². The van der Waals surface area contributed by atoms with Crippen LogP contribution in [0.3, 0.4) is 0 Å². The van der Waals surface area contributed by atoms with Gasteiger partial charge in [0.25, 0.3) is 0 Å². The Hall–Kier alpha value is -1.11. The van der Waals surface area contributed by atoms with Gasteiger partial charge in [0.1, 0.15) is 0 Å². The Balaban J connectivity index is 1.85. The molecule has 21 heavy (non-hydrogen) atoms. The minimum atomic E-state index is -4.35. The zero-order valence-corrected chi connectivity index (χ0v) is 11.9. The van der Waals surface area contributed by atoms with Crippen LogP contribution in [0.15, 0.2) is 24.3 Å². The minimum Gasteiger partial charge on any atom is -0.387 e. The first-order chi connectivity index (χ1) is 9.90. The van der Waals surface area contributed by atoms with Crippen molar-refractivity contribution in [3.63, 3.8) is 0 Å². The van der Waals surface area contributed by atoms with Gasteiger partial charge < -0.3 is 15.2 Å². The molecule has 0 aromatic heterocycles. The van der Waals surface area contributed by atoms with E-state index in [1.54, 1.807) is 7.11 Å². The molecule has 2 N–H and O–H groups in total. The van der Waals surface area contributed by atoms with Crippen LogP contribution < -0.4 is 5.32 Å². The van der Waals surface area contributed by atoms with Crippen molar-refractivity contribution < 1.29 is 23.0 Å². The van der Waals surface area contributed by atoms with Crippen LogP contribution in [0.25, 0.3) is 0 Å². The summed E-state index contributed by atoms with van der Waals surface area (Å²) in [4.78, 5) is 0. The number of nitrogens with one attached hydrogen (secondary N) is 1. The predicted octanol–water partition coefficient (Wildman–Crippen LogP) is 2.90. The molecule has 1 aromatic rings. The Labute approximate surface area is 122 Å². The summed E-state index contributed by atoms with van der Waals surface area (Å²) in [7, 11) is 1.68. The number of benzene rings is 1. The normalized spacial score (nSPS) is 24.2. The molecule has 0 spiro atoms. The summed E-state index contributed by atoms with van der Waals surface area (Å²) in [5.41, 5.74) is -0.220. The van der Waals surface area contributed by atoms with E-state index in [9.17, 15) is 18.3 Å². The first kappa shape index (κ1) is 16.3. The van der Waals surface area contributed by atoms with E-state index in [2.05, 4.69) is 5.32 Å². The van der Waals surface area contributed by atoms with Crippen molar-refractivity contribution in [2.45, 2.75) is 43.7 Å². The number of aliphatic hydroxyl groups is 1. The lowest BCUT2D eigenvalue weighted by Gasteiger charge is -2.17. The van der Waals surface area contributed by atoms with Crippen LogP contribution in [0.2, 0.25) is 0 Å². The monoisotopic (exact) mass is 303 g/mol. The van der Waals surface area contributed by atoms with Gasteiger partial charge in [-0.3, -0.25) is 0 Å². The van der Waals surface area contributed by atoms with Gasteiger partial charge in [0, 0.05) is 19.7 Å². The summed E-state index contributed by atoms with van der Waals surface area (Å²) in [5, 5.41) is 13.3. The Morgan fingerprint density at radius 2 is 1.95 bits per heavy atom. The van der Waals surface area contributed by atoms with Gasteiger partial charge in [0.15, 0.2) is 0 Å². The molecule has 0 heterocycles. The Bertz CT molecular complexity index is 447. The van der Waals surface area contributed by atoms with Crippen LogP contribution >= 0.6 is 0 Å². The third-order valence-corrected chi connectivity index (χ3v) is 3.94. The molecule has 1 saturated carbocycles. The smallest absolute Gasteiger partial charge is 0.387 e. The van der Waals surface area contributed by atoms with E-state index >= 15 is 0 Å². The SMILES string of the molecule is COC1CCC(NCC(O)c2ccc(C(F)(F)F)cc2)C1. The second-order valence-corrected chi connectivity index (χ2v) is 5.41. The molecule has 0 radical (unpaired) electrons. The maximum atomic E-state index is 12.5. The molecule has 3 unspecified atom stereocenters. The van der Waals surface area contributed by atoms with Crippen molar-refractivity contribution in [1.29, 1.82) is 0 Å². The van der Waals surface area contributed by atoms with Crippen LogP contribution in [-0.4, -0.2) is 30.9 Å². The number of methoxy groups -OCH3 is 1. The second-order valence-electron chi connectivity index (χ2n) is 5.41. The van der Waals surface area contributed by atoms with Crippen LogP contribution in [0, 0.1) is 0 Å². The van der Waals surface area contributed by atoms with Gasteiger partial charge in [-0.2, -0.15) is 13.2 Å². The highest BCUT2D eigenvalue weighted by molar-refractivity contribution is 5.26. The summed E-state index contributed by atoms with van der Waals surface area (Å²) in [5.74, 6) is 0. The number of hydrogen-bond acceptors (Lipinski definition) is 3. The van der Waals surface area contributed by atoms with Gasteiger partial charge >= 0.3 is 6.18 Å². The molecule has 0 saturated heterocycles. The molecule has 6 heteroatoms. The van der Waals surface area contributed by atoms with E-state index < -0.39 is 17.8 Å². The Morgan fingerprint density at radius 3 is 2.48 bits per heavy atom. The van der Waals surface area contributed by atoms with Gasteiger partial charge in [0.05, 0.1) is 17.8 Å². The summed E-state index contributed by atoms with van der Waals surface area (Å²) in [6.07, 6.45) is -2.03. The lowest BCUT2D eigenvalue weighted by Crippen LogP contribution is -2.31. The summed E-state index contributed by atoms with van der Waals surface area (Å²) >= 11 is 0. The van der Waals surface area contributed by atoms with Crippen molar-refractivity contribution in [1.82, 2.24) is 5.32 Å². The third-order valence-electron chi connectivity index (χ3n) is 3.94. The number of alkyl halides is 3. The number of hydrogen-bond donors (Lipinski definition) is 2. The third kappa shape index (κ3) is 4.43. The van der Waals surface area contributed by atoms with Gasteiger partial charge in [-0.25, -0.2) is 0 Å². The number of ether oxygens (including phenoxy) is 1. The van der Waals surface area contributed by atoms with Crippen LogP contribution in [0.1, 0.15) is 36.5 Å². The van der Waals surface area contributed by atoms with Gasteiger partial charge in [-0.15, -0.1) is 0 Å². The summed E-state index contributed by atoms with van der Waals surface area (Å²) < 4.78 is 42.6. The molecular weight excluding hydrogens is 283 g/mol. The van der Waals surface area contributed by atoms with E-state index in [1.807, 2.05) is 0 Å². The van der Waals surface area contributed by atoms with E-state index in [1.165, 1.54) is 12.1 Å². The average Bonchev–Trinajstić information content (AvgIpc) is 2.92. The summed E-state index contributed by atoms with van der Waals surface area (Å²) in [6, 6.07) is 4.92. The highest BCUT2D eigenvalue weighted by Crippen LogP contribution is 2.30. The van der Waals surface area contributed by atoms with Crippen molar-refractivity contribution in [2.24, 2.45) is 0 Å². The quantitative estimate of drug-likeness (QED) is 0.879. The highest BCUT2D eigenvalue weighted by Gasteiger charge is 2.30. The second kappa shape index (κ2) is 6.77. The van der Waals surface area contributed by atoms with Gasteiger partial charge in [-0.1, -0.05) is 12.1 Å². The number of rotatable bonds is 5. The van der Waals surface area contributed by atoms with Crippen molar-refractivity contribution in [3.8, 4) is 0 Å². The van der Waals surface area contributed by atoms with E-state index in [0.717, 1.165) is 31.4 Å². The molecule has 1 aromatic carbocycles. The standard InChI is InChI=1S/C15H20F3NO2/c1-21-13-7-6-12(8-13)19-9-14(20)10-2-4-11(5-3-10)15(16,17)18/h2-5,12-14,19-20H,6-9H2,1H3. The molecule has 3 atom stereocenters. The Morgan fingerprint density at radius 1 is 1.29 bits per heavy atom. The predicted molar refractivity (Wildman–Crippen MR) is 72.8 cm³/mol. The fraction of sp³-hybridized carbons (Fsp3) is 0.600. The van der Waals surface area contributed by atoms with Crippen molar-refractivity contribution in [3.05, 3.63) is 35.4 Å². The number of aliphatic hydroxyl groups excluding tert-OH is 1. The lowest BCUT2D eigenvalue weighted by molar-refractivity contribution is -0.137. The Kier molecular flexibility index (Phi) is 5.24. The molecule has 3 nitrogen and oxygen atoms in total. The minimum absolute atomic E-state index is 0.255. The fourth-order valence-electron chi connectivity index (χ4n) is 2.63. The molecule has 1 aliphatic rings. The topological polar surface area (TPSA) is 41.5 Å². The van der Waals surface area contributed by atoms with E-state index in [0.29, 0.717) is 18.2 Å². The summed E-state index contributed by atoms with van der Waals surface area (Å²) in [6.45, 7) is 0.326. The maximum Gasteiger partial charge on any atom is 0.416 e. The highest BCUT2D eigenvalue weighted by atomic mass is 19.4. The molecule has 0 aliphatic heterocycles. The number of halogens is 3. The zero-order chi connectivity index (χ0) is 15.5. The first-order valence-corrected chi connectivity index (χ1v) is 7.01. The van der Waals surface area contributed by atoms with Crippen molar-refractivity contribution >= 4 is 0 Å². The molecule has 118 valence electrons. The largest absolute Gasteiger partial charge is 0.416 e. The molecular formula is C15H20F3NO2. The lowest BCUT2D eigenvalue weighted by atomic mass is 10.1. The van der Waals surface area contributed by atoms with E-state index in [4.69, 9.17) is 4.74 Å².